The molecule has 1 rings (SSSR count). The van der Waals surface area contributed by atoms with Crippen LogP contribution in [0.15, 0.2) is 16.8 Å². The highest BCUT2D eigenvalue weighted by Crippen LogP contribution is 2.14. The molecule has 0 amide bonds. The monoisotopic (exact) mass is 225 g/mol. The second-order valence-corrected chi connectivity index (χ2v) is 4.91. The number of hydrogen-bond acceptors (Lipinski definition) is 4. The molecule has 3 nitrogen and oxygen atoms in total. The summed E-state index contributed by atoms with van der Waals surface area (Å²) >= 11 is 1.55. The van der Waals surface area contributed by atoms with Crippen LogP contribution in [0.3, 0.4) is 0 Å². The van der Waals surface area contributed by atoms with E-state index in [9.17, 15) is 4.79 Å². The van der Waals surface area contributed by atoms with Gasteiger partial charge < -0.3 is 0 Å². The molecule has 0 atom stereocenters. The van der Waals surface area contributed by atoms with E-state index in [4.69, 9.17) is 4.84 Å². The van der Waals surface area contributed by atoms with Crippen molar-refractivity contribution in [2.75, 3.05) is 6.54 Å². The van der Waals surface area contributed by atoms with Crippen LogP contribution in [0.1, 0.15) is 26.3 Å². The lowest BCUT2D eigenvalue weighted by Crippen LogP contribution is -2.30. The van der Waals surface area contributed by atoms with Gasteiger partial charge in [0.2, 0.25) is 0 Å². The van der Waals surface area contributed by atoms with Gasteiger partial charge in [0, 0.05) is 5.56 Å². The van der Waals surface area contributed by atoms with E-state index in [2.05, 4.69) is 5.48 Å². The van der Waals surface area contributed by atoms with Crippen molar-refractivity contribution in [2.45, 2.75) is 26.4 Å². The summed E-state index contributed by atoms with van der Waals surface area (Å²) in [4.78, 5) is 16.0. The van der Waals surface area contributed by atoms with Crippen molar-refractivity contribution in [3.05, 3.63) is 22.4 Å². The van der Waals surface area contributed by atoms with E-state index in [1.54, 1.807) is 11.3 Å². The van der Waals surface area contributed by atoms with Crippen LogP contribution >= 0.6 is 11.3 Å². The first-order valence-corrected chi connectivity index (χ1v) is 5.64. The van der Waals surface area contributed by atoms with Crippen molar-refractivity contribution in [3.63, 3.8) is 0 Å². The van der Waals surface area contributed by atoms with Gasteiger partial charge in [0.15, 0.2) is 0 Å². The molecule has 1 aromatic heterocycles. The minimum Gasteiger partial charge on any atom is -0.296 e. The third-order valence-corrected chi connectivity index (χ3v) is 2.30. The second-order valence-electron chi connectivity index (χ2n) is 4.13. The first kappa shape index (κ1) is 12.1. The molecule has 0 aliphatic rings. The number of carbonyl (C=O) groups excluding carboxylic acids is 1. The molecule has 0 saturated heterocycles. The van der Waals surface area contributed by atoms with Gasteiger partial charge >= 0.3 is 0 Å². The highest BCUT2D eigenvalue weighted by Gasteiger charge is 2.11. The molecule has 15 heavy (non-hydrogen) atoms. The van der Waals surface area contributed by atoms with Crippen molar-refractivity contribution in [3.8, 4) is 0 Å². The molecule has 0 aromatic carbocycles. The van der Waals surface area contributed by atoms with E-state index >= 15 is 0 Å². The fraction of sp³-hybridized carbons (Fsp3) is 0.455. The Balaban J connectivity index is 2.48. The summed E-state index contributed by atoms with van der Waals surface area (Å²) in [5.74, 6) is 1.92. The molecule has 0 saturated carbocycles. The van der Waals surface area contributed by atoms with Crippen LogP contribution in [0.2, 0.25) is 0 Å². The third kappa shape index (κ3) is 4.40. The zero-order chi connectivity index (χ0) is 11.3. The maximum Gasteiger partial charge on any atom is 0.130 e. The summed E-state index contributed by atoms with van der Waals surface area (Å²) in [6, 6.07) is 1.89. The Bertz CT molecular complexity index is 345. The average molecular weight is 225 g/mol. The average Bonchev–Trinajstić information content (AvgIpc) is 2.63. The Morgan fingerprint density at radius 1 is 1.60 bits per heavy atom. The molecule has 82 valence electrons. The number of hydrogen-bond donors (Lipinski definition) is 1. The number of thiophene rings is 1. The summed E-state index contributed by atoms with van der Waals surface area (Å²) in [6.45, 7) is 6.19. The first-order valence-electron chi connectivity index (χ1n) is 4.70. The van der Waals surface area contributed by atoms with Crippen molar-refractivity contribution in [2.24, 2.45) is 0 Å². The van der Waals surface area contributed by atoms with Gasteiger partial charge in [-0.1, -0.05) is 0 Å². The maximum absolute atomic E-state index is 10.7. The van der Waals surface area contributed by atoms with E-state index < -0.39 is 0 Å². The highest BCUT2D eigenvalue weighted by molar-refractivity contribution is 7.08. The van der Waals surface area contributed by atoms with Gasteiger partial charge in [0.1, 0.15) is 5.94 Å². The van der Waals surface area contributed by atoms with Crippen LogP contribution in [-0.2, 0) is 9.63 Å². The lowest BCUT2D eigenvalue weighted by molar-refractivity contribution is -0.0668. The molecule has 1 heterocycles. The number of nitrogens with one attached hydrogen (secondary N) is 1. The van der Waals surface area contributed by atoms with Crippen molar-refractivity contribution >= 4 is 22.9 Å². The SMILES string of the molecule is CC(C)(C)ONCC(=C=O)c1ccsc1. The molecule has 4 heteroatoms. The molecular formula is C11H15NO2S. The summed E-state index contributed by atoms with van der Waals surface area (Å²) in [7, 11) is 0. The normalized spacial score (nSPS) is 11.1. The van der Waals surface area contributed by atoms with Gasteiger partial charge in [-0.15, -0.1) is 0 Å². The first-order chi connectivity index (χ1) is 7.03. The largest absolute Gasteiger partial charge is 0.296 e. The topological polar surface area (TPSA) is 38.3 Å². The fourth-order valence-electron chi connectivity index (χ4n) is 0.958. The van der Waals surface area contributed by atoms with Crippen LogP contribution in [0, 0.1) is 0 Å². The molecule has 0 spiro atoms. The summed E-state index contributed by atoms with van der Waals surface area (Å²) in [6.07, 6.45) is 0. The third-order valence-electron chi connectivity index (χ3n) is 1.62. The van der Waals surface area contributed by atoms with Gasteiger partial charge in [-0.3, -0.25) is 4.84 Å². The van der Waals surface area contributed by atoms with E-state index in [1.165, 1.54) is 0 Å². The highest BCUT2D eigenvalue weighted by atomic mass is 32.1. The standard InChI is InChI=1S/C11H15NO2S/c1-11(2,3)14-12-6-10(7-13)9-4-5-15-8-9/h4-5,8,12H,6H2,1-3H3. The smallest absolute Gasteiger partial charge is 0.130 e. The number of hydroxylamine groups is 1. The Morgan fingerprint density at radius 2 is 2.33 bits per heavy atom. The molecule has 1 aromatic rings. The fourth-order valence-corrected chi connectivity index (χ4v) is 1.63. The van der Waals surface area contributed by atoms with E-state index in [0.29, 0.717) is 12.1 Å². The predicted molar refractivity (Wildman–Crippen MR) is 62.3 cm³/mol. The van der Waals surface area contributed by atoms with E-state index in [-0.39, 0.29) is 5.60 Å². The minimum absolute atomic E-state index is 0.261. The second kappa shape index (κ2) is 5.24. The zero-order valence-corrected chi connectivity index (χ0v) is 9.98. The Kier molecular flexibility index (Phi) is 4.24. The van der Waals surface area contributed by atoms with Crippen LogP contribution in [-0.4, -0.2) is 18.1 Å². The van der Waals surface area contributed by atoms with Crippen LogP contribution in [0.5, 0.6) is 0 Å². The molecule has 0 radical (unpaired) electrons. The summed E-state index contributed by atoms with van der Waals surface area (Å²) in [5.41, 5.74) is 4.00. The molecular weight excluding hydrogens is 210 g/mol. The summed E-state index contributed by atoms with van der Waals surface area (Å²) < 4.78 is 0. The number of rotatable bonds is 4. The lowest BCUT2D eigenvalue weighted by Gasteiger charge is -2.19. The molecule has 1 N–H and O–H groups in total. The maximum atomic E-state index is 10.7. The minimum atomic E-state index is -0.261. The molecule has 0 aliphatic carbocycles. The lowest BCUT2D eigenvalue weighted by atomic mass is 10.1. The molecule has 0 unspecified atom stereocenters. The van der Waals surface area contributed by atoms with Gasteiger partial charge in [-0.2, -0.15) is 16.8 Å². The van der Waals surface area contributed by atoms with Crippen molar-refractivity contribution in [1.29, 1.82) is 0 Å². The molecule has 0 fully saturated rings. The quantitative estimate of drug-likeness (QED) is 0.631. The zero-order valence-electron chi connectivity index (χ0n) is 9.16. The Hall–Kier alpha value is -0.930. The molecule has 0 aliphatic heterocycles. The van der Waals surface area contributed by atoms with E-state index in [1.807, 2.05) is 43.5 Å². The van der Waals surface area contributed by atoms with Crippen LogP contribution in [0.25, 0.3) is 5.57 Å². The van der Waals surface area contributed by atoms with Gasteiger partial charge in [-0.25, -0.2) is 4.79 Å². The van der Waals surface area contributed by atoms with Crippen molar-refractivity contribution < 1.29 is 9.63 Å². The Labute approximate surface area is 93.7 Å². The predicted octanol–water partition coefficient (Wildman–Crippen LogP) is 2.28. The molecule has 0 bridgehead atoms. The van der Waals surface area contributed by atoms with Crippen molar-refractivity contribution in [1.82, 2.24) is 5.48 Å². The van der Waals surface area contributed by atoms with Gasteiger partial charge in [0.25, 0.3) is 0 Å². The van der Waals surface area contributed by atoms with Crippen LogP contribution in [0.4, 0.5) is 0 Å². The van der Waals surface area contributed by atoms with Gasteiger partial charge in [-0.05, 0) is 37.6 Å². The van der Waals surface area contributed by atoms with Gasteiger partial charge in [0.05, 0.1) is 17.7 Å². The van der Waals surface area contributed by atoms with Crippen LogP contribution < -0.4 is 5.48 Å². The Morgan fingerprint density at radius 3 is 2.80 bits per heavy atom. The summed E-state index contributed by atoms with van der Waals surface area (Å²) in [5, 5.41) is 3.84. The van der Waals surface area contributed by atoms with E-state index in [0.717, 1.165) is 5.56 Å².